The van der Waals surface area contributed by atoms with Gasteiger partial charge in [0.2, 0.25) is 5.91 Å². The van der Waals surface area contributed by atoms with Gasteiger partial charge < -0.3 is 10.3 Å². The van der Waals surface area contributed by atoms with Crippen LogP contribution in [0.3, 0.4) is 0 Å². The Kier molecular flexibility index (Phi) is 7.16. The largest absolute Gasteiger partial charge is 0.338 e. The van der Waals surface area contributed by atoms with Gasteiger partial charge in [-0.3, -0.25) is 9.59 Å². The Labute approximate surface area is 217 Å². The van der Waals surface area contributed by atoms with Crippen molar-refractivity contribution in [2.24, 2.45) is 0 Å². The smallest absolute Gasteiger partial charge is 0.234 e. The van der Waals surface area contributed by atoms with Crippen LogP contribution in [0.5, 0.6) is 0 Å². The van der Waals surface area contributed by atoms with E-state index in [-0.39, 0.29) is 11.7 Å². The summed E-state index contributed by atoms with van der Waals surface area (Å²) in [5.74, 6) is 1.64. The lowest BCUT2D eigenvalue weighted by Gasteiger charge is -2.07. The summed E-state index contributed by atoms with van der Waals surface area (Å²) < 4.78 is 0. The first-order valence-electron chi connectivity index (χ1n) is 11.4. The summed E-state index contributed by atoms with van der Waals surface area (Å²) in [5, 5.41) is 3.66. The summed E-state index contributed by atoms with van der Waals surface area (Å²) in [6, 6.07) is 29.8. The minimum atomic E-state index is -0.0696. The second-order valence-corrected chi connectivity index (χ2v) is 9.68. The Bertz CT molecular complexity index is 1530. The van der Waals surface area contributed by atoms with Crippen molar-refractivity contribution in [1.82, 2.24) is 9.97 Å². The molecule has 4 aromatic carbocycles. The number of aromatic amines is 1. The molecular formula is C29H22ClN3O2S. The number of nitrogens with zero attached hydrogens (tertiary/aromatic N) is 1. The maximum Gasteiger partial charge on any atom is 0.234 e. The Morgan fingerprint density at radius 1 is 0.861 bits per heavy atom. The summed E-state index contributed by atoms with van der Waals surface area (Å²) >= 11 is 7.46. The first kappa shape index (κ1) is 23.9. The molecule has 178 valence electrons. The van der Waals surface area contributed by atoms with Gasteiger partial charge in [-0.25, -0.2) is 4.98 Å². The van der Waals surface area contributed by atoms with Gasteiger partial charge in [-0.1, -0.05) is 66.2 Å². The van der Waals surface area contributed by atoms with Crippen molar-refractivity contribution in [1.29, 1.82) is 0 Å². The quantitative estimate of drug-likeness (QED) is 0.220. The third-order valence-corrected chi connectivity index (χ3v) is 6.87. The number of imidazole rings is 1. The fourth-order valence-corrected chi connectivity index (χ4v) is 4.74. The van der Waals surface area contributed by atoms with Crippen LogP contribution in [0.4, 0.5) is 5.69 Å². The molecular weight excluding hydrogens is 490 g/mol. The van der Waals surface area contributed by atoms with Gasteiger partial charge in [0.1, 0.15) is 5.82 Å². The predicted octanol–water partition coefficient (Wildman–Crippen LogP) is 6.99. The predicted molar refractivity (Wildman–Crippen MR) is 148 cm³/mol. The molecule has 0 atom stereocenters. The van der Waals surface area contributed by atoms with E-state index in [1.165, 1.54) is 0 Å². The van der Waals surface area contributed by atoms with E-state index in [9.17, 15) is 9.59 Å². The van der Waals surface area contributed by atoms with E-state index in [1.807, 2.05) is 78.9 Å². The van der Waals surface area contributed by atoms with Crippen LogP contribution >= 0.6 is 23.4 Å². The van der Waals surface area contributed by atoms with Gasteiger partial charge in [0.25, 0.3) is 0 Å². The highest BCUT2D eigenvalue weighted by Crippen LogP contribution is 2.25. The van der Waals surface area contributed by atoms with Gasteiger partial charge >= 0.3 is 0 Å². The van der Waals surface area contributed by atoms with Crippen LogP contribution in [0, 0.1) is 0 Å². The van der Waals surface area contributed by atoms with E-state index in [4.69, 9.17) is 11.6 Å². The van der Waals surface area contributed by atoms with Crippen LogP contribution in [0.25, 0.3) is 22.4 Å². The van der Waals surface area contributed by atoms with E-state index in [0.717, 1.165) is 27.9 Å². The first-order chi connectivity index (χ1) is 17.5. The summed E-state index contributed by atoms with van der Waals surface area (Å²) in [6.45, 7) is 0. The molecule has 1 aromatic heterocycles. The fourth-order valence-electron chi connectivity index (χ4n) is 3.83. The highest BCUT2D eigenvalue weighted by Gasteiger charge is 2.12. The van der Waals surface area contributed by atoms with E-state index >= 15 is 0 Å². The minimum absolute atomic E-state index is 0.0349. The van der Waals surface area contributed by atoms with E-state index in [1.54, 1.807) is 30.0 Å². The Morgan fingerprint density at radius 2 is 1.67 bits per heavy atom. The van der Waals surface area contributed by atoms with Gasteiger partial charge in [0.15, 0.2) is 5.78 Å². The standard InChI is InChI=1S/C29H22ClN3O2S/c30-23-12-9-19(10-13-23)17-36-18-27(34)31-24-8-4-7-22(15-24)29-32-25-14-11-21(16-26(25)33-29)28(35)20-5-2-1-3-6-20/h1-16H,17-18H2,(H,31,34)(H,32,33). The number of H-pyrrole nitrogens is 1. The van der Waals surface area contributed by atoms with Crippen LogP contribution in [0.2, 0.25) is 5.02 Å². The number of nitrogens with one attached hydrogen (secondary N) is 2. The molecule has 0 spiro atoms. The van der Waals surface area contributed by atoms with Gasteiger partial charge in [0, 0.05) is 33.2 Å². The average molecular weight is 512 g/mol. The summed E-state index contributed by atoms with van der Waals surface area (Å²) in [6.07, 6.45) is 0. The van der Waals surface area contributed by atoms with Crippen molar-refractivity contribution < 1.29 is 9.59 Å². The normalized spacial score (nSPS) is 10.9. The number of aromatic nitrogens is 2. The molecule has 0 aliphatic carbocycles. The molecule has 0 aliphatic heterocycles. The van der Waals surface area contributed by atoms with Crippen molar-refractivity contribution in [2.45, 2.75) is 5.75 Å². The number of benzene rings is 4. The van der Waals surface area contributed by atoms with E-state index in [2.05, 4.69) is 15.3 Å². The summed E-state index contributed by atoms with van der Waals surface area (Å²) in [4.78, 5) is 33.2. The number of amides is 1. The third-order valence-electron chi connectivity index (χ3n) is 5.61. The lowest BCUT2D eigenvalue weighted by atomic mass is 10.0. The molecule has 5 nitrogen and oxygen atoms in total. The zero-order chi connectivity index (χ0) is 24.9. The van der Waals surface area contributed by atoms with Gasteiger partial charge in [0.05, 0.1) is 16.8 Å². The van der Waals surface area contributed by atoms with E-state index < -0.39 is 0 Å². The second-order valence-electron chi connectivity index (χ2n) is 8.26. The molecule has 2 N–H and O–H groups in total. The average Bonchev–Trinajstić information content (AvgIpc) is 3.34. The molecule has 0 radical (unpaired) electrons. The maximum absolute atomic E-state index is 12.8. The number of carbonyl (C=O) groups is 2. The molecule has 0 unspecified atom stereocenters. The highest BCUT2D eigenvalue weighted by atomic mass is 35.5. The molecule has 0 bridgehead atoms. The molecule has 5 aromatic rings. The van der Waals surface area contributed by atoms with Crippen molar-refractivity contribution >= 4 is 51.8 Å². The molecule has 0 saturated heterocycles. The lowest BCUT2D eigenvalue weighted by molar-refractivity contribution is -0.113. The zero-order valence-corrected chi connectivity index (χ0v) is 20.8. The molecule has 1 heterocycles. The van der Waals surface area contributed by atoms with Crippen LogP contribution < -0.4 is 5.32 Å². The molecule has 7 heteroatoms. The number of anilines is 1. The molecule has 36 heavy (non-hydrogen) atoms. The van der Waals surface area contributed by atoms with Crippen molar-refractivity contribution in [3.63, 3.8) is 0 Å². The fraction of sp³-hybridized carbons (Fsp3) is 0.0690. The van der Waals surface area contributed by atoms with Crippen molar-refractivity contribution in [2.75, 3.05) is 11.1 Å². The number of thioether (sulfide) groups is 1. The Balaban J connectivity index is 1.26. The number of carbonyl (C=O) groups excluding carboxylic acids is 2. The lowest BCUT2D eigenvalue weighted by Crippen LogP contribution is -2.14. The van der Waals surface area contributed by atoms with Crippen LogP contribution in [-0.4, -0.2) is 27.4 Å². The van der Waals surface area contributed by atoms with Crippen LogP contribution in [0.1, 0.15) is 21.5 Å². The number of fused-ring (bicyclic) bond motifs is 1. The second kappa shape index (κ2) is 10.8. The molecule has 5 rings (SSSR count). The maximum atomic E-state index is 12.8. The number of hydrogen-bond acceptors (Lipinski definition) is 4. The molecule has 1 amide bonds. The van der Waals surface area contributed by atoms with Crippen molar-refractivity contribution in [3.8, 4) is 11.4 Å². The van der Waals surface area contributed by atoms with Gasteiger partial charge in [-0.05, 0) is 48.0 Å². The first-order valence-corrected chi connectivity index (χ1v) is 12.9. The Hall–Kier alpha value is -3.87. The summed E-state index contributed by atoms with van der Waals surface area (Å²) in [5.41, 5.74) is 5.45. The van der Waals surface area contributed by atoms with Crippen LogP contribution in [-0.2, 0) is 10.5 Å². The number of ketones is 1. The summed E-state index contributed by atoms with van der Waals surface area (Å²) in [7, 11) is 0. The molecule has 0 saturated carbocycles. The van der Waals surface area contributed by atoms with Gasteiger partial charge in [-0.2, -0.15) is 0 Å². The van der Waals surface area contributed by atoms with Crippen molar-refractivity contribution in [3.05, 3.63) is 119 Å². The Morgan fingerprint density at radius 3 is 2.47 bits per heavy atom. The van der Waals surface area contributed by atoms with Crippen LogP contribution in [0.15, 0.2) is 97.1 Å². The SMILES string of the molecule is O=C(CSCc1ccc(Cl)cc1)Nc1cccc(-c2nc3ccc(C(=O)c4ccccc4)cc3[nH]2)c1. The number of rotatable bonds is 8. The molecule has 0 fully saturated rings. The third kappa shape index (κ3) is 5.67. The minimum Gasteiger partial charge on any atom is -0.338 e. The molecule has 0 aliphatic rings. The monoisotopic (exact) mass is 511 g/mol. The number of hydrogen-bond donors (Lipinski definition) is 2. The zero-order valence-electron chi connectivity index (χ0n) is 19.2. The highest BCUT2D eigenvalue weighted by molar-refractivity contribution is 7.99. The number of halogens is 1. The van der Waals surface area contributed by atoms with Gasteiger partial charge in [-0.15, -0.1) is 11.8 Å². The topological polar surface area (TPSA) is 74.8 Å². The van der Waals surface area contributed by atoms with E-state index in [0.29, 0.717) is 33.4 Å².